The van der Waals surface area contributed by atoms with E-state index in [2.05, 4.69) is 4.74 Å². The number of hydrogen-bond acceptors (Lipinski definition) is 5. The number of ether oxygens (including phenoxy) is 1. The minimum atomic E-state index is -0.481. The number of thioether (sulfide) groups is 1. The smallest absolute Gasteiger partial charge is 0.338 e. The molecule has 1 aromatic carbocycles. The quantitative estimate of drug-likeness (QED) is 0.601. The minimum Gasteiger partial charge on any atom is -0.465 e. The average Bonchev–Trinajstić information content (AvgIpc) is 2.38. The molecule has 1 rings (SSSR count). The number of methoxy groups -OCH3 is 1. The summed E-state index contributed by atoms with van der Waals surface area (Å²) in [5, 5.41) is 18.8. The molecule has 4 nitrogen and oxygen atoms in total. The number of carbonyl (C=O) groups excluding carboxylic acids is 1. The lowest BCUT2D eigenvalue weighted by molar-refractivity contribution is 0.0599. The first kappa shape index (κ1) is 13.1. The molecule has 17 heavy (non-hydrogen) atoms. The number of nitriles is 2. The third-order valence-corrected chi connectivity index (χ3v) is 2.83. The van der Waals surface area contributed by atoms with E-state index in [0.717, 1.165) is 11.8 Å². The molecule has 0 aromatic heterocycles. The van der Waals surface area contributed by atoms with Gasteiger partial charge in [-0.05, 0) is 29.8 Å². The van der Waals surface area contributed by atoms with E-state index in [4.69, 9.17) is 10.5 Å². The number of esters is 1. The lowest BCUT2D eigenvalue weighted by Gasteiger charge is -2.08. The van der Waals surface area contributed by atoms with Gasteiger partial charge in [0.2, 0.25) is 0 Å². The SMILES string of the molecule is COC(=O)c1ccccc1C[C@@H](C#N)SC#N. The van der Waals surface area contributed by atoms with E-state index >= 15 is 0 Å². The summed E-state index contributed by atoms with van der Waals surface area (Å²) < 4.78 is 4.66. The highest BCUT2D eigenvalue weighted by Crippen LogP contribution is 2.18. The maximum absolute atomic E-state index is 11.5. The van der Waals surface area contributed by atoms with Crippen LogP contribution in [0.1, 0.15) is 15.9 Å². The van der Waals surface area contributed by atoms with E-state index in [1.807, 2.05) is 11.5 Å². The van der Waals surface area contributed by atoms with Gasteiger partial charge in [-0.1, -0.05) is 18.2 Å². The third-order valence-electron chi connectivity index (χ3n) is 2.17. The Morgan fingerprint density at radius 1 is 1.47 bits per heavy atom. The molecular weight excluding hydrogens is 236 g/mol. The van der Waals surface area contributed by atoms with Crippen molar-refractivity contribution in [3.8, 4) is 11.5 Å². The van der Waals surface area contributed by atoms with Crippen molar-refractivity contribution in [2.75, 3.05) is 7.11 Å². The molecule has 0 fully saturated rings. The molecule has 0 radical (unpaired) electrons. The van der Waals surface area contributed by atoms with E-state index in [0.29, 0.717) is 17.5 Å². The summed E-state index contributed by atoms with van der Waals surface area (Å²) >= 11 is 0.892. The summed E-state index contributed by atoms with van der Waals surface area (Å²) in [6.07, 6.45) is 0.347. The second kappa shape index (κ2) is 6.57. The predicted octanol–water partition coefficient (Wildman–Crippen LogP) is 2.12. The maximum atomic E-state index is 11.5. The Kier molecular flexibility index (Phi) is 5.06. The van der Waals surface area contributed by atoms with Crippen LogP contribution in [0.15, 0.2) is 24.3 Å². The Balaban J connectivity index is 2.95. The molecule has 0 spiro atoms. The largest absolute Gasteiger partial charge is 0.465 e. The molecule has 0 bridgehead atoms. The fourth-order valence-electron chi connectivity index (χ4n) is 1.38. The van der Waals surface area contributed by atoms with E-state index in [1.165, 1.54) is 7.11 Å². The fourth-order valence-corrected chi connectivity index (χ4v) is 1.83. The van der Waals surface area contributed by atoms with Crippen molar-refractivity contribution in [2.24, 2.45) is 0 Å². The van der Waals surface area contributed by atoms with Crippen LogP contribution in [-0.4, -0.2) is 18.3 Å². The van der Waals surface area contributed by atoms with Crippen molar-refractivity contribution < 1.29 is 9.53 Å². The minimum absolute atomic E-state index is 0.347. The highest BCUT2D eigenvalue weighted by molar-refractivity contribution is 8.04. The number of benzene rings is 1. The Labute approximate surface area is 104 Å². The zero-order chi connectivity index (χ0) is 12.7. The molecule has 0 saturated carbocycles. The summed E-state index contributed by atoms with van der Waals surface area (Å²) in [6, 6.07) is 8.94. The molecule has 0 amide bonds. The number of hydrogen-bond donors (Lipinski definition) is 0. The van der Waals surface area contributed by atoms with Gasteiger partial charge in [0.05, 0.1) is 18.7 Å². The Morgan fingerprint density at radius 2 is 2.18 bits per heavy atom. The molecule has 5 heteroatoms. The maximum Gasteiger partial charge on any atom is 0.338 e. The van der Waals surface area contributed by atoms with Gasteiger partial charge in [0.25, 0.3) is 0 Å². The summed E-state index contributed by atoms with van der Waals surface area (Å²) in [5.74, 6) is -0.431. The number of thiocyanates is 1. The van der Waals surface area contributed by atoms with Crippen molar-refractivity contribution in [1.29, 1.82) is 10.5 Å². The van der Waals surface area contributed by atoms with Crippen LogP contribution in [0.2, 0.25) is 0 Å². The average molecular weight is 246 g/mol. The van der Waals surface area contributed by atoms with Crippen LogP contribution in [0, 0.1) is 22.0 Å². The molecule has 86 valence electrons. The Morgan fingerprint density at radius 3 is 2.76 bits per heavy atom. The van der Waals surface area contributed by atoms with Crippen LogP contribution >= 0.6 is 11.8 Å². The molecule has 0 heterocycles. The van der Waals surface area contributed by atoms with Gasteiger partial charge in [-0.25, -0.2) is 4.79 Å². The van der Waals surface area contributed by atoms with Gasteiger partial charge >= 0.3 is 5.97 Å². The van der Waals surface area contributed by atoms with E-state index < -0.39 is 11.2 Å². The number of carbonyl (C=O) groups is 1. The summed E-state index contributed by atoms with van der Waals surface area (Å²) in [6.45, 7) is 0. The third kappa shape index (κ3) is 3.51. The molecule has 0 aliphatic heterocycles. The first-order chi connectivity index (χ1) is 8.22. The monoisotopic (exact) mass is 246 g/mol. The van der Waals surface area contributed by atoms with Crippen molar-refractivity contribution in [2.45, 2.75) is 11.7 Å². The van der Waals surface area contributed by atoms with Crippen molar-refractivity contribution in [3.63, 3.8) is 0 Å². The summed E-state index contributed by atoms with van der Waals surface area (Å²) in [7, 11) is 1.31. The van der Waals surface area contributed by atoms with E-state index in [1.54, 1.807) is 24.3 Å². The van der Waals surface area contributed by atoms with E-state index in [-0.39, 0.29) is 0 Å². The molecular formula is C12H10N2O2S. The van der Waals surface area contributed by atoms with E-state index in [9.17, 15) is 4.79 Å². The molecule has 0 saturated heterocycles. The molecule has 0 unspecified atom stereocenters. The van der Waals surface area contributed by atoms with Gasteiger partial charge in [0, 0.05) is 0 Å². The number of rotatable bonds is 4. The first-order valence-electron chi connectivity index (χ1n) is 4.83. The van der Waals surface area contributed by atoms with Gasteiger partial charge < -0.3 is 4.74 Å². The van der Waals surface area contributed by atoms with Crippen LogP contribution in [0.25, 0.3) is 0 Å². The summed E-state index contributed by atoms with van der Waals surface area (Å²) in [4.78, 5) is 11.5. The van der Waals surface area contributed by atoms with Gasteiger partial charge in [-0.2, -0.15) is 10.5 Å². The highest BCUT2D eigenvalue weighted by atomic mass is 32.2. The lowest BCUT2D eigenvalue weighted by atomic mass is 10.0. The normalized spacial score (nSPS) is 11.0. The van der Waals surface area contributed by atoms with Crippen LogP contribution in [0.5, 0.6) is 0 Å². The number of nitrogens with zero attached hydrogens (tertiary/aromatic N) is 2. The van der Waals surface area contributed by atoms with Gasteiger partial charge in [-0.15, -0.1) is 0 Å². The Hall–Kier alpha value is -1.98. The lowest BCUT2D eigenvalue weighted by Crippen LogP contribution is -2.10. The Bertz CT molecular complexity index is 488. The van der Waals surface area contributed by atoms with Gasteiger partial charge in [0.1, 0.15) is 10.7 Å². The van der Waals surface area contributed by atoms with Gasteiger partial charge in [0.15, 0.2) is 0 Å². The first-order valence-corrected chi connectivity index (χ1v) is 5.71. The molecule has 0 aliphatic carbocycles. The van der Waals surface area contributed by atoms with Crippen LogP contribution in [0.4, 0.5) is 0 Å². The second-order valence-electron chi connectivity index (χ2n) is 3.18. The van der Waals surface area contributed by atoms with Crippen molar-refractivity contribution in [1.82, 2.24) is 0 Å². The molecule has 1 aromatic rings. The summed E-state index contributed by atoms with van der Waals surface area (Å²) in [5.41, 5.74) is 1.16. The highest BCUT2D eigenvalue weighted by Gasteiger charge is 2.15. The second-order valence-corrected chi connectivity index (χ2v) is 4.17. The molecule has 1 atom stereocenters. The fraction of sp³-hybridized carbons (Fsp3) is 0.250. The zero-order valence-corrected chi connectivity index (χ0v) is 10.0. The molecule has 0 aliphatic rings. The topological polar surface area (TPSA) is 73.9 Å². The van der Waals surface area contributed by atoms with Crippen molar-refractivity contribution in [3.05, 3.63) is 35.4 Å². The van der Waals surface area contributed by atoms with Crippen LogP contribution in [-0.2, 0) is 11.2 Å². The van der Waals surface area contributed by atoms with Crippen LogP contribution < -0.4 is 0 Å². The van der Waals surface area contributed by atoms with Crippen LogP contribution in [0.3, 0.4) is 0 Å². The van der Waals surface area contributed by atoms with Gasteiger partial charge in [-0.3, -0.25) is 0 Å². The van der Waals surface area contributed by atoms with Crippen molar-refractivity contribution >= 4 is 17.7 Å². The predicted molar refractivity (Wildman–Crippen MR) is 64.1 cm³/mol. The zero-order valence-electron chi connectivity index (χ0n) is 9.21. The molecule has 0 N–H and O–H groups in total. The standard InChI is InChI=1S/C12H10N2O2S/c1-16-12(15)11-5-3-2-4-9(11)6-10(7-13)17-8-14/h2-5,10H,6H2,1H3/t10-/m0/s1.